The van der Waals surface area contributed by atoms with Crippen LogP contribution in [0.2, 0.25) is 0 Å². The number of amides is 3. The molecule has 3 rings (SSSR count). The van der Waals surface area contributed by atoms with E-state index in [2.05, 4.69) is 10.6 Å². The average Bonchev–Trinajstić information content (AvgIpc) is 3.15. The molecule has 1 aliphatic carbocycles. The number of rotatable bonds is 4. The molecule has 1 aromatic carbocycles. The lowest BCUT2D eigenvalue weighted by Crippen LogP contribution is -2.27. The quantitative estimate of drug-likeness (QED) is 0.766. The molecule has 0 radical (unpaired) electrons. The molecule has 110 valence electrons. The molecule has 1 saturated heterocycles. The van der Waals surface area contributed by atoms with E-state index in [-0.39, 0.29) is 11.9 Å². The Hall–Kier alpha value is -2.57. The Bertz CT molecular complexity index is 616. The summed E-state index contributed by atoms with van der Waals surface area (Å²) >= 11 is 0. The number of carbonyl (C=O) groups is 3. The first kappa shape index (κ1) is 13.4. The van der Waals surface area contributed by atoms with Crippen molar-refractivity contribution in [3.05, 3.63) is 24.3 Å². The topological polar surface area (TPSA) is 98.7 Å². The van der Waals surface area contributed by atoms with Crippen molar-refractivity contribution in [1.29, 1.82) is 0 Å². The van der Waals surface area contributed by atoms with E-state index in [4.69, 9.17) is 5.11 Å². The zero-order valence-corrected chi connectivity index (χ0v) is 11.2. The van der Waals surface area contributed by atoms with Crippen molar-refractivity contribution >= 4 is 29.3 Å². The molecule has 0 aromatic heterocycles. The van der Waals surface area contributed by atoms with Crippen LogP contribution in [0, 0.1) is 11.8 Å². The van der Waals surface area contributed by atoms with Crippen molar-refractivity contribution in [2.75, 3.05) is 23.3 Å². The molecule has 7 nitrogen and oxygen atoms in total. The van der Waals surface area contributed by atoms with E-state index in [1.165, 1.54) is 0 Å². The largest absolute Gasteiger partial charge is 0.481 e. The Morgan fingerprint density at radius 1 is 1.33 bits per heavy atom. The van der Waals surface area contributed by atoms with Crippen molar-refractivity contribution in [1.82, 2.24) is 5.32 Å². The van der Waals surface area contributed by atoms with Crippen molar-refractivity contribution in [3.8, 4) is 0 Å². The summed E-state index contributed by atoms with van der Waals surface area (Å²) in [6.45, 7) is 1.18. The van der Waals surface area contributed by atoms with Crippen LogP contribution in [0.5, 0.6) is 0 Å². The van der Waals surface area contributed by atoms with Crippen molar-refractivity contribution in [3.63, 3.8) is 0 Å². The minimum absolute atomic E-state index is 0.161. The normalized spacial score (nSPS) is 23.6. The summed E-state index contributed by atoms with van der Waals surface area (Å²) in [5.41, 5.74) is 1.27. The molecule has 1 saturated carbocycles. The van der Waals surface area contributed by atoms with Crippen LogP contribution in [-0.2, 0) is 9.59 Å². The summed E-state index contributed by atoms with van der Waals surface area (Å²) in [5.74, 6) is -2.25. The van der Waals surface area contributed by atoms with Crippen LogP contribution in [0.25, 0.3) is 0 Å². The monoisotopic (exact) mass is 289 g/mol. The molecule has 0 bridgehead atoms. The van der Waals surface area contributed by atoms with E-state index in [0.29, 0.717) is 30.9 Å². The Labute approximate surface area is 120 Å². The Kier molecular flexibility index (Phi) is 3.25. The Balaban J connectivity index is 1.68. The highest BCUT2D eigenvalue weighted by atomic mass is 16.4. The van der Waals surface area contributed by atoms with Gasteiger partial charge in [-0.05, 0) is 24.6 Å². The van der Waals surface area contributed by atoms with Gasteiger partial charge in [0, 0.05) is 24.5 Å². The average molecular weight is 289 g/mol. The van der Waals surface area contributed by atoms with Crippen LogP contribution in [-0.4, -0.2) is 36.1 Å². The minimum Gasteiger partial charge on any atom is -0.481 e. The number of carbonyl (C=O) groups excluding carboxylic acids is 2. The third-order valence-corrected chi connectivity index (χ3v) is 3.73. The van der Waals surface area contributed by atoms with Gasteiger partial charge in [-0.3, -0.25) is 14.5 Å². The van der Waals surface area contributed by atoms with E-state index in [1.54, 1.807) is 29.2 Å². The van der Waals surface area contributed by atoms with Crippen LogP contribution in [0.4, 0.5) is 16.2 Å². The maximum atomic E-state index is 11.9. The van der Waals surface area contributed by atoms with E-state index < -0.39 is 17.8 Å². The van der Waals surface area contributed by atoms with Gasteiger partial charge in [-0.15, -0.1) is 0 Å². The number of nitrogens with one attached hydrogen (secondary N) is 2. The number of benzene rings is 1. The van der Waals surface area contributed by atoms with Gasteiger partial charge in [0.1, 0.15) is 0 Å². The summed E-state index contributed by atoms with van der Waals surface area (Å²) in [7, 11) is 0. The molecule has 1 heterocycles. The molecule has 3 N–H and O–H groups in total. The summed E-state index contributed by atoms with van der Waals surface area (Å²) in [6.07, 6.45) is 0.384. The van der Waals surface area contributed by atoms with Crippen molar-refractivity contribution < 1.29 is 19.5 Å². The van der Waals surface area contributed by atoms with Gasteiger partial charge in [-0.1, -0.05) is 6.07 Å². The molecule has 0 unspecified atom stereocenters. The first-order valence-corrected chi connectivity index (χ1v) is 6.75. The molecule has 7 heteroatoms. The van der Waals surface area contributed by atoms with Gasteiger partial charge in [0.25, 0.3) is 0 Å². The standard InChI is InChI=1S/C14H15N3O4/c18-12(10-7-11(10)13(19)20)16-8-2-1-3-9(6-8)17-5-4-15-14(17)21/h1-3,6,10-11H,4-5,7H2,(H,15,21)(H,16,18)(H,19,20)/t10-,11+/m1/s1. The smallest absolute Gasteiger partial charge is 0.321 e. The lowest BCUT2D eigenvalue weighted by atomic mass is 10.2. The SMILES string of the molecule is O=C(O)[C@H]1C[C@H]1C(=O)Nc1cccc(N2CCNC2=O)c1. The minimum atomic E-state index is -0.933. The number of carboxylic acid groups (broad SMARTS) is 1. The molecular formula is C14H15N3O4. The molecule has 3 amide bonds. The van der Waals surface area contributed by atoms with E-state index in [1.807, 2.05) is 0 Å². The van der Waals surface area contributed by atoms with Crippen LogP contribution < -0.4 is 15.5 Å². The molecule has 2 atom stereocenters. The third kappa shape index (κ3) is 2.67. The molecular weight excluding hydrogens is 274 g/mol. The number of hydrogen-bond donors (Lipinski definition) is 3. The summed E-state index contributed by atoms with van der Waals surface area (Å²) in [5, 5.41) is 14.2. The summed E-state index contributed by atoms with van der Waals surface area (Å²) < 4.78 is 0. The number of hydrogen-bond acceptors (Lipinski definition) is 3. The van der Waals surface area contributed by atoms with Gasteiger partial charge in [0.05, 0.1) is 11.8 Å². The molecule has 1 aromatic rings. The van der Waals surface area contributed by atoms with Gasteiger partial charge in [0.15, 0.2) is 0 Å². The van der Waals surface area contributed by atoms with Crippen LogP contribution in [0.3, 0.4) is 0 Å². The maximum Gasteiger partial charge on any atom is 0.321 e. The Morgan fingerprint density at radius 3 is 2.76 bits per heavy atom. The maximum absolute atomic E-state index is 11.9. The first-order chi connectivity index (χ1) is 10.1. The Morgan fingerprint density at radius 2 is 2.14 bits per heavy atom. The summed E-state index contributed by atoms with van der Waals surface area (Å²) in [4.78, 5) is 35.9. The van der Waals surface area contributed by atoms with Gasteiger partial charge in [0.2, 0.25) is 5.91 Å². The number of nitrogens with zero attached hydrogens (tertiary/aromatic N) is 1. The fourth-order valence-corrected chi connectivity index (χ4v) is 2.46. The number of urea groups is 1. The zero-order chi connectivity index (χ0) is 15.0. The van der Waals surface area contributed by atoms with Gasteiger partial charge >= 0.3 is 12.0 Å². The highest BCUT2D eigenvalue weighted by Gasteiger charge is 2.48. The van der Waals surface area contributed by atoms with Crippen LogP contribution in [0.15, 0.2) is 24.3 Å². The van der Waals surface area contributed by atoms with E-state index >= 15 is 0 Å². The first-order valence-electron chi connectivity index (χ1n) is 6.75. The molecule has 2 fully saturated rings. The fourth-order valence-electron chi connectivity index (χ4n) is 2.46. The molecule has 0 spiro atoms. The lowest BCUT2D eigenvalue weighted by Gasteiger charge is -2.15. The second-order valence-electron chi connectivity index (χ2n) is 5.21. The fraction of sp³-hybridized carbons (Fsp3) is 0.357. The second-order valence-corrected chi connectivity index (χ2v) is 5.21. The molecule has 2 aliphatic rings. The number of carboxylic acids is 1. The predicted octanol–water partition coefficient (Wildman–Crippen LogP) is 0.875. The van der Waals surface area contributed by atoms with Gasteiger partial charge in [-0.2, -0.15) is 0 Å². The molecule has 21 heavy (non-hydrogen) atoms. The van der Waals surface area contributed by atoms with Crippen molar-refractivity contribution in [2.24, 2.45) is 11.8 Å². The molecule has 1 aliphatic heterocycles. The van der Waals surface area contributed by atoms with Crippen LogP contribution in [0.1, 0.15) is 6.42 Å². The highest BCUT2D eigenvalue weighted by molar-refractivity contribution is 5.99. The highest BCUT2D eigenvalue weighted by Crippen LogP contribution is 2.39. The predicted molar refractivity (Wildman–Crippen MR) is 75.0 cm³/mol. The lowest BCUT2D eigenvalue weighted by molar-refractivity contribution is -0.139. The van der Waals surface area contributed by atoms with Gasteiger partial charge in [-0.25, -0.2) is 4.79 Å². The second kappa shape index (κ2) is 5.08. The summed E-state index contributed by atoms with van der Waals surface area (Å²) in [6, 6.07) is 6.80. The van der Waals surface area contributed by atoms with Gasteiger partial charge < -0.3 is 15.7 Å². The number of aliphatic carboxylic acids is 1. The third-order valence-electron chi connectivity index (χ3n) is 3.73. The number of anilines is 2. The zero-order valence-electron chi connectivity index (χ0n) is 11.2. The van der Waals surface area contributed by atoms with Crippen LogP contribution >= 0.6 is 0 Å². The van der Waals surface area contributed by atoms with E-state index in [9.17, 15) is 14.4 Å². The van der Waals surface area contributed by atoms with E-state index in [0.717, 1.165) is 0 Å². The van der Waals surface area contributed by atoms with Crippen molar-refractivity contribution in [2.45, 2.75) is 6.42 Å².